The van der Waals surface area contributed by atoms with Crippen molar-refractivity contribution in [3.63, 3.8) is 0 Å². The van der Waals surface area contributed by atoms with Crippen LogP contribution in [-0.4, -0.2) is 5.91 Å². The van der Waals surface area contributed by atoms with Crippen molar-refractivity contribution in [3.05, 3.63) is 77.4 Å². The Morgan fingerprint density at radius 1 is 1.05 bits per heavy atom. The molecule has 0 aliphatic rings. The van der Waals surface area contributed by atoms with Gasteiger partial charge in [0.2, 0.25) is 0 Å². The lowest BCUT2D eigenvalue weighted by molar-refractivity contribution is 0.0951. The molecule has 0 bridgehead atoms. The quantitative estimate of drug-likeness (QED) is 0.832. The Kier molecular flexibility index (Phi) is 5.77. The fourth-order valence-electron chi connectivity index (χ4n) is 2.01. The third kappa shape index (κ3) is 4.92. The number of benzene rings is 2. The Morgan fingerprint density at radius 3 is 2.43 bits per heavy atom. The molecule has 1 amide bonds. The van der Waals surface area contributed by atoms with Gasteiger partial charge in [0, 0.05) is 12.1 Å². The molecule has 0 aliphatic carbocycles. The van der Waals surface area contributed by atoms with Crippen LogP contribution in [-0.2, 0) is 6.54 Å². The first kappa shape index (κ1) is 15.0. The van der Waals surface area contributed by atoms with Crippen LogP contribution in [0.3, 0.4) is 0 Å². The maximum atomic E-state index is 12.1. The summed E-state index contributed by atoms with van der Waals surface area (Å²) in [6.45, 7) is 2.71. The summed E-state index contributed by atoms with van der Waals surface area (Å²) in [5.74, 6) is -0.0389. The Labute approximate surface area is 126 Å². The third-order valence-electron chi connectivity index (χ3n) is 3.23. The molecule has 2 rings (SSSR count). The molecule has 0 radical (unpaired) electrons. The SMILES string of the molecule is CCC/C=C/c1ccc(C(=O)NCc2ccccc2)cc1. The van der Waals surface area contributed by atoms with Crippen molar-refractivity contribution in [2.75, 3.05) is 0 Å². The summed E-state index contributed by atoms with van der Waals surface area (Å²) >= 11 is 0. The van der Waals surface area contributed by atoms with Gasteiger partial charge in [-0.2, -0.15) is 0 Å². The lowest BCUT2D eigenvalue weighted by Gasteiger charge is -2.05. The number of hydrogen-bond donors (Lipinski definition) is 1. The summed E-state index contributed by atoms with van der Waals surface area (Å²) in [6.07, 6.45) is 6.48. The van der Waals surface area contributed by atoms with Gasteiger partial charge in [0.25, 0.3) is 5.91 Å². The van der Waals surface area contributed by atoms with E-state index < -0.39 is 0 Å². The highest BCUT2D eigenvalue weighted by molar-refractivity contribution is 5.94. The summed E-state index contributed by atoms with van der Waals surface area (Å²) < 4.78 is 0. The zero-order valence-corrected chi connectivity index (χ0v) is 12.4. The van der Waals surface area contributed by atoms with Crippen LogP contribution in [0.5, 0.6) is 0 Å². The highest BCUT2D eigenvalue weighted by Crippen LogP contribution is 2.08. The average molecular weight is 279 g/mol. The monoisotopic (exact) mass is 279 g/mol. The van der Waals surface area contributed by atoms with Gasteiger partial charge in [-0.05, 0) is 29.7 Å². The molecule has 2 nitrogen and oxygen atoms in total. The van der Waals surface area contributed by atoms with Crippen LogP contribution in [0.2, 0.25) is 0 Å². The number of amides is 1. The van der Waals surface area contributed by atoms with Gasteiger partial charge in [-0.15, -0.1) is 0 Å². The minimum absolute atomic E-state index is 0.0389. The van der Waals surface area contributed by atoms with Crippen LogP contribution < -0.4 is 5.32 Å². The molecule has 0 saturated heterocycles. The number of rotatable bonds is 6. The van der Waals surface area contributed by atoms with Crippen molar-refractivity contribution in [1.29, 1.82) is 0 Å². The van der Waals surface area contributed by atoms with Gasteiger partial charge in [-0.25, -0.2) is 0 Å². The van der Waals surface area contributed by atoms with E-state index in [0.717, 1.165) is 24.0 Å². The molecule has 0 spiro atoms. The van der Waals surface area contributed by atoms with Gasteiger partial charge in [0.15, 0.2) is 0 Å². The fourth-order valence-corrected chi connectivity index (χ4v) is 2.01. The van der Waals surface area contributed by atoms with Crippen LogP contribution in [0.25, 0.3) is 6.08 Å². The van der Waals surface area contributed by atoms with Crippen molar-refractivity contribution >= 4 is 12.0 Å². The van der Waals surface area contributed by atoms with E-state index in [-0.39, 0.29) is 5.91 Å². The van der Waals surface area contributed by atoms with Crippen molar-refractivity contribution < 1.29 is 4.79 Å². The van der Waals surface area contributed by atoms with Crippen LogP contribution in [0.15, 0.2) is 60.7 Å². The predicted molar refractivity (Wildman–Crippen MR) is 88.0 cm³/mol. The molecule has 1 N–H and O–H groups in total. The molecule has 0 atom stereocenters. The second kappa shape index (κ2) is 8.05. The Morgan fingerprint density at radius 2 is 1.76 bits per heavy atom. The van der Waals surface area contributed by atoms with Crippen LogP contribution in [0, 0.1) is 0 Å². The third-order valence-corrected chi connectivity index (χ3v) is 3.23. The second-order valence-corrected chi connectivity index (χ2v) is 4.98. The second-order valence-electron chi connectivity index (χ2n) is 4.98. The number of unbranched alkanes of at least 4 members (excludes halogenated alkanes) is 1. The molecule has 0 unspecified atom stereocenters. The average Bonchev–Trinajstić information content (AvgIpc) is 2.54. The highest BCUT2D eigenvalue weighted by atomic mass is 16.1. The molecule has 21 heavy (non-hydrogen) atoms. The van der Waals surface area contributed by atoms with Gasteiger partial charge in [-0.1, -0.05) is 68.0 Å². The van der Waals surface area contributed by atoms with Gasteiger partial charge >= 0.3 is 0 Å². The largest absolute Gasteiger partial charge is 0.348 e. The maximum absolute atomic E-state index is 12.1. The summed E-state index contributed by atoms with van der Waals surface area (Å²) in [4.78, 5) is 12.1. The van der Waals surface area contributed by atoms with E-state index in [1.165, 1.54) is 0 Å². The molecule has 0 heterocycles. The molecule has 0 fully saturated rings. The smallest absolute Gasteiger partial charge is 0.251 e. The standard InChI is InChI=1S/C19H21NO/c1-2-3-5-8-16-11-13-18(14-12-16)19(21)20-15-17-9-6-4-7-10-17/h4-14H,2-3,15H2,1H3,(H,20,21)/b8-5+. The number of allylic oxidation sites excluding steroid dienone is 1. The molecule has 0 aromatic heterocycles. The van der Waals surface area contributed by atoms with Gasteiger partial charge < -0.3 is 5.32 Å². The topological polar surface area (TPSA) is 29.1 Å². The summed E-state index contributed by atoms with van der Waals surface area (Å²) in [5.41, 5.74) is 2.92. The number of nitrogens with one attached hydrogen (secondary N) is 1. The lowest BCUT2D eigenvalue weighted by atomic mass is 10.1. The lowest BCUT2D eigenvalue weighted by Crippen LogP contribution is -2.22. The minimum atomic E-state index is -0.0389. The summed E-state index contributed by atoms with van der Waals surface area (Å²) in [6, 6.07) is 17.6. The first-order valence-corrected chi connectivity index (χ1v) is 7.38. The maximum Gasteiger partial charge on any atom is 0.251 e. The molecule has 2 aromatic rings. The van der Waals surface area contributed by atoms with E-state index >= 15 is 0 Å². The number of hydrogen-bond acceptors (Lipinski definition) is 1. The summed E-state index contributed by atoms with van der Waals surface area (Å²) in [5, 5.41) is 2.93. The van der Waals surface area contributed by atoms with E-state index in [2.05, 4.69) is 24.4 Å². The minimum Gasteiger partial charge on any atom is -0.348 e. The van der Waals surface area contributed by atoms with E-state index in [1.54, 1.807) is 0 Å². The molecule has 0 saturated carbocycles. The van der Waals surface area contributed by atoms with E-state index in [1.807, 2.05) is 54.6 Å². The molecule has 2 aromatic carbocycles. The van der Waals surface area contributed by atoms with Gasteiger partial charge in [0.05, 0.1) is 0 Å². The Bertz CT molecular complexity index is 585. The van der Waals surface area contributed by atoms with Crippen LogP contribution >= 0.6 is 0 Å². The molecule has 108 valence electrons. The number of carbonyl (C=O) groups is 1. The van der Waals surface area contributed by atoms with Crippen LogP contribution in [0.4, 0.5) is 0 Å². The van der Waals surface area contributed by atoms with Crippen molar-refractivity contribution in [2.45, 2.75) is 26.3 Å². The fraction of sp³-hybridized carbons (Fsp3) is 0.211. The molecular weight excluding hydrogens is 258 g/mol. The van der Waals surface area contributed by atoms with Gasteiger partial charge in [0.1, 0.15) is 0 Å². The van der Waals surface area contributed by atoms with Crippen molar-refractivity contribution in [2.24, 2.45) is 0 Å². The van der Waals surface area contributed by atoms with Crippen molar-refractivity contribution in [3.8, 4) is 0 Å². The Hall–Kier alpha value is -2.35. The van der Waals surface area contributed by atoms with Gasteiger partial charge in [-0.3, -0.25) is 4.79 Å². The van der Waals surface area contributed by atoms with E-state index in [4.69, 9.17) is 0 Å². The Balaban J connectivity index is 1.90. The van der Waals surface area contributed by atoms with E-state index in [9.17, 15) is 4.79 Å². The van der Waals surface area contributed by atoms with Crippen molar-refractivity contribution in [1.82, 2.24) is 5.32 Å². The molecular formula is C19H21NO. The highest BCUT2D eigenvalue weighted by Gasteiger charge is 2.04. The predicted octanol–water partition coefficient (Wildman–Crippen LogP) is 4.43. The zero-order valence-electron chi connectivity index (χ0n) is 12.4. The first-order chi connectivity index (χ1) is 10.3. The molecule has 2 heteroatoms. The normalized spacial score (nSPS) is 10.7. The van der Waals surface area contributed by atoms with Crippen LogP contribution in [0.1, 0.15) is 41.3 Å². The number of carbonyl (C=O) groups excluding carboxylic acids is 1. The van der Waals surface area contributed by atoms with E-state index in [0.29, 0.717) is 12.1 Å². The summed E-state index contributed by atoms with van der Waals surface area (Å²) in [7, 11) is 0. The zero-order chi connectivity index (χ0) is 14.9. The molecule has 0 aliphatic heterocycles. The first-order valence-electron chi connectivity index (χ1n) is 7.38.